The van der Waals surface area contributed by atoms with Gasteiger partial charge in [-0.2, -0.15) is 5.10 Å². The number of aryl methyl sites for hydroxylation is 1. The van der Waals surface area contributed by atoms with Crippen LogP contribution in [-0.2, 0) is 6.61 Å². The minimum Gasteiger partial charge on any atom is -0.493 e. The van der Waals surface area contributed by atoms with E-state index in [1.165, 1.54) is 0 Å². The molecule has 2 aromatic rings. The van der Waals surface area contributed by atoms with Gasteiger partial charge in [0, 0.05) is 5.56 Å². The molecule has 120 valence electrons. The number of ether oxygens (including phenoxy) is 2. The Morgan fingerprint density at radius 1 is 1.13 bits per heavy atom. The summed E-state index contributed by atoms with van der Waals surface area (Å²) in [5.41, 5.74) is 13.4. The average molecular weight is 312 g/mol. The number of guanidine groups is 1. The van der Waals surface area contributed by atoms with Gasteiger partial charge >= 0.3 is 0 Å². The van der Waals surface area contributed by atoms with Gasteiger partial charge in [-0.25, -0.2) is 0 Å². The van der Waals surface area contributed by atoms with E-state index < -0.39 is 0 Å². The van der Waals surface area contributed by atoms with E-state index in [9.17, 15) is 0 Å². The number of benzene rings is 2. The second-order valence-corrected chi connectivity index (χ2v) is 4.90. The molecule has 0 amide bonds. The Bertz CT molecular complexity index is 708. The molecular weight excluding hydrogens is 292 g/mol. The highest BCUT2D eigenvalue weighted by atomic mass is 16.5. The summed E-state index contributed by atoms with van der Waals surface area (Å²) in [6.07, 6.45) is 1.57. The second-order valence-electron chi connectivity index (χ2n) is 4.90. The second kappa shape index (κ2) is 7.84. The van der Waals surface area contributed by atoms with E-state index in [0.29, 0.717) is 18.1 Å². The molecule has 0 saturated heterocycles. The summed E-state index contributed by atoms with van der Waals surface area (Å²) < 4.78 is 11.2. The maximum atomic E-state index is 5.87. The van der Waals surface area contributed by atoms with Crippen molar-refractivity contribution in [2.24, 2.45) is 21.7 Å². The topological polar surface area (TPSA) is 95.2 Å². The molecular formula is C17H20N4O2. The van der Waals surface area contributed by atoms with Gasteiger partial charge in [0.25, 0.3) is 0 Å². The first-order chi connectivity index (χ1) is 11.1. The van der Waals surface area contributed by atoms with Crippen molar-refractivity contribution in [2.45, 2.75) is 13.5 Å². The van der Waals surface area contributed by atoms with Crippen molar-refractivity contribution in [1.29, 1.82) is 0 Å². The van der Waals surface area contributed by atoms with Gasteiger partial charge in [-0.1, -0.05) is 30.3 Å². The molecule has 0 atom stereocenters. The number of rotatable bonds is 6. The maximum absolute atomic E-state index is 5.87. The predicted molar refractivity (Wildman–Crippen MR) is 91.9 cm³/mol. The number of hydrogen-bond acceptors (Lipinski definition) is 4. The van der Waals surface area contributed by atoms with Crippen LogP contribution in [0.3, 0.4) is 0 Å². The van der Waals surface area contributed by atoms with E-state index in [1.54, 1.807) is 13.3 Å². The SMILES string of the molecule is COc1cc(C)c(C=NN=C(N)N)cc1OCc1ccccc1. The summed E-state index contributed by atoms with van der Waals surface area (Å²) in [6, 6.07) is 13.6. The average Bonchev–Trinajstić information content (AvgIpc) is 2.55. The van der Waals surface area contributed by atoms with Crippen LogP contribution in [0.1, 0.15) is 16.7 Å². The van der Waals surface area contributed by atoms with Crippen LogP contribution in [0.2, 0.25) is 0 Å². The highest BCUT2D eigenvalue weighted by molar-refractivity contribution is 5.84. The molecule has 0 aliphatic rings. The molecule has 0 fully saturated rings. The lowest BCUT2D eigenvalue weighted by Crippen LogP contribution is -2.21. The summed E-state index contributed by atoms with van der Waals surface area (Å²) in [4.78, 5) is 0. The fraction of sp³-hybridized carbons (Fsp3) is 0.176. The Hall–Kier alpha value is -3.02. The molecule has 4 N–H and O–H groups in total. The van der Waals surface area contributed by atoms with Crippen molar-refractivity contribution in [3.8, 4) is 11.5 Å². The molecule has 23 heavy (non-hydrogen) atoms. The quantitative estimate of drug-likeness (QED) is 0.485. The number of nitrogens with two attached hydrogens (primary N) is 2. The van der Waals surface area contributed by atoms with Gasteiger partial charge in [0.15, 0.2) is 11.5 Å². The van der Waals surface area contributed by atoms with Crippen LogP contribution in [-0.4, -0.2) is 19.3 Å². The molecule has 0 radical (unpaired) electrons. The van der Waals surface area contributed by atoms with Crippen LogP contribution in [0.4, 0.5) is 0 Å². The molecule has 0 unspecified atom stereocenters. The molecule has 0 heterocycles. The molecule has 2 aromatic carbocycles. The van der Waals surface area contributed by atoms with Crippen LogP contribution < -0.4 is 20.9 Å². The molecule has 6 nitrogen and oxygen atoms in total. The monoisotopic (exact) mass is 312 g/mol. The van der Waals surface area contributed by atoms with Gasteiger partial charge in [-0.15, -0.1) is 5.10 Å². The zero-order valence-corrected chi connectivity index (χ0v) is 13.2. The summed E-state index contributed by atoms with van der Waals surface area (Å²) in [7, 11) is 1.61. The normalized spacial score (nSPS) is 10.5. The fourth-order valence-electron chi connectivity index (χ4n) is 1.98. The summed E-state index contributed by atoms with van der Waals surface area (Å²) in [5.74, 6) is 1.21. The summed E-state index contributed by atoms with van der Waals surface area (Å²) in [5, 5.41) is 7.43. The fourth-order valence-corrected chi connectivity index (χ4v) is 1.98. The van der Waals surface area contributed by atoms with E-state index in [-0.39, 0.29) is 5.96 Å². The number of hydrogen-bond donors (Lipinski definition) is 2. The molecule has 0 saturated carbocycles. The van der Waals surface area contributed by atoms with Crippen molar-refractivity contribution in [2.75, 3.05) is 7.11 Å². The maximum Gasteiger partial charge on any atom is 0.211 e. The first-order valence-corrected chi connectivity index (χ1v) is 7.07. The van der Waals surface area contributed by atoms with Crippen molar-refractivity contribution in [1.82, 2.24) is 0 Å². The molecule has 0 aromatic heterocycles. The van der Waals surface area contributed by atoms with Crippen LogP contribution in [0.5, 0.6) is 11.5 Å². The lowest BCUT2D eigenvalue weighted by molar-refractivity contribution is 0.284. The predicted octanol–water partition coefficient (Wildman–Crippen LogP) is 2.19. The highest BCUT2D eigenvalue weighted by Gasteiger charge is 2.09. The van der Waals surface area contributed by atoms with Crippen LogP contribution in [0.25, 0.3) is 0 Å². The zero-order valence-electron chi connectivity index (χ0n) is 13.2. The van der Waals surface area contributed by atoms with Gasteiger partial charge in [0.1, 0.15) is 6.61 Å². The molecule has 0 aliphatic heterocycles. The van der Waals surface area contributed by atoms with E-state index in [1.807, 2.05) is 49.4 Å². The third-order valence-corrected chi connectivity index (χ3v) is 3.16. The van der Waals surface area contributed by atoms with E-state index >= 15 is 0 Å². The summed E-state index contributed by atoms with van der Waals surface area (Å²) in [6.45, 7) is 2.39. The largest absolute Gasteiger partial charge is 0.493 e. The Morgan fingerprint density at radius 3 is 2.52 bits per heavy atom. The van der Waals surface area contributed by atoms with Crippen molar-refractivity contribution in [3.05, 3.63) is 59.2 Å². The van der Waals surface area contributed by atoms with Crippen LogP contribution in [0, 0.1) is 6.92 Å². The molecule has 6 heteroatoms. The molecule has 0 spiro atoms. The number of methoxy groups -OCH3 is 1. The Morgan fingerprint density at radius 2 is 1.87 bits per heavy atom. The van der Waals surface area contributed by atoms with Gasteiger partial charge in [-0.3, -0.25) is 0 Å². The molecule has 0 aliphatic carbocycles. The lowest BCUT2D eigenvalue weighted by atomic mass is 10.1. The number of nitrogens with zero attached hydrogens (tertiary/aromatic N) is 2. The Kier molecular flexibility index (Phi) is 5.57. The Labute approximate surface area is 135 Å². The first-order valence-electron chi connectivity index (χ1n) is 7.07. The van der Waals surface area contributed by atoms with Gasteiger partial charge in [0.05, 0.1) is 13.3 Å². The van der Waals surface area contributed by atoms with Gasteiger partial charge in [0.2, 0.25) is 5.96 Å². The molecule has 0 bridgehead atoms. The van der Waals surface area contributed by atoms with Crippen molar-refractivity contribution >= 4 is 12.2 Å². The third kappa shape index (κ3) is 4.74. The van der Waals surface area contributed by atoms with Gasteiger partial charge < -0.3 is 20.9 Å². The third-order valence-electron chi connectivity index (χ3n) is 3.16. The minimum atomic E-state index is -0.0898. The standard InChI is InChI=1S/C17H20N4O2/c1-12-8-15(22-2)16(9-14(12)10-20-21-17(18)19)23-11-13-6-4-3-5-7-13/h3-10H,11H2,1-2H3,(H4,18,19,21). The van der Waals surface area contributed by atoms with Crippen molar-refractivity contribution < 1.29 is 9.47 Å². The van der Waals surface area contributed by atoms with E-state index in [2.05, 4.69) is 10.2 Å². The smallest absolute Gasteiger partial charge is 0.211 e. The van der Waals surface area contributed by atoms with E-state index in [4.69, 9.17) is 20.9 Å². The first kappa shape index (κ1) is 16.4. The van der Waals surface area contributed by atoms with Gasteiger partial charge in [-0.05, 0) is 30.2 Å². The van der Waals surface area contributed by atoms with E-state index in [0.717, 1.165) is 16.7 Å². The zero-order chi connectivity index (χ0) is 16.7. The van der Waals surface area contributed by atoms with Crippen LogP contribution in [0.15, 0.2) is 52.7 Å². The minimum absolute atomic E-state index is 0.0898. The lowest BCUT2D eigenvalue weighted by Gasteiger charge is -2.13. The Balaban J connectivity index is 2.23. The van der Waals surface area contributed by atoms with Crippen LogP contribution >= 0.6 is 0 Å². The van der Waals surface area contributed by atoms with Crippen molar-refractivity contribution in [3.63, 3.8) is 0 Å². The highest BCUT2D eigenvalue weighted by Crippen LogP contribution is 2.30. The summed E-state index contributed by atoms with van der Waals surface area (Å²) >= 11 is 0. The molecule has 2 rings (SSSR count).